The predicted molar refractivity (Wildman–Crippen MR) is 212 cm³/mol. The highest BCUT2D eigenvalue weighted by atomic mass is 16.2. The molecule has 1 amide bonds. The van der Waals surface area contributed by atoms with Crippen LogP contribution < -0.4 is 14.7 Å². The summed E-state index contributed by atoms with van der Waals surface area (Å²) >= 11 is 0. The van der Waals surface area contributed by atoms with Crippen molar-refractivity contribution in [3.8, 4) is 0 Å². The van der Waals surface area contributed by atoms with E-state index >= 15 is 0 Å². The lowest BCUT2D eigenvalue weighted by molar-refractivity contribution is -0.118. The van der Waals surface area contributed by atoms with E-state index in [0.717, 1.165) is 34.5 Å². The van der Waals surface area contributed by atoms with E-state index in [1.807, 2.05) is 0 Å². The minimum atomic E-state index is 0.138. The monoisotopic (exact) mass is 662 g/mol. The van der Waals surface area contributed by atoms with Gasteiger partial charge in [-0.3, -0.25) is 9.69 Å². The second-order valence-corrected chi connectivity index (χ2v) is 14.7. The van der Waals surface area contributed by atoms with Gasteiger partial charge < -0.3 is 9.80 Å². The molecular formula is C46H52N3O. The minimum absolute atomic E-state index is 0.138. The zero-order chi connectivity index (χ0) is 35.5. The maximum atomic E-state index is 14.6. The quantitative estimate of drug-likeness (QED) is 0.149. The Labute approximate surface area is 300 Å². The number of carbonyl (C=O) groups is 1. The van der Waals surface area contributed by atoms with Crippen molar-refractivity contribution in [1.29, 1.82) is 0 Å². The third-order valence-electron chi connectivity index (χ3n) is 9.86. The summed E-state index contributed by atoms with van der Waals surface area (Å²) in [7, 11) is 0. The Hall–Kier alpha value is -4.83. The minimum Gasteiger partial charge on any atom is -0.340 e. The van der Waals surface area contributed by atoms with Crippen LogP contribution in [0.5, 0.6) is 0 Å². The molecule has 1 aliphatic rings. The number of benzene rings is 5. The van der Waals surface area contributed by atoms with Gasteiger partial charge in [-0.1, -0.05) is 140 Å². The van der Waals surface area contributed by atoms with E-state index in [2.05, 4.69) is 191 Å². The van der Waals surface area contributed by atoms with Crippen molar-refractivity contribution in [2.75, 3.05) is 21.2 Å². The van der Waals surface area contributed by atoms with Gasteiger partial charge in [0.15, 0.2) is 6.17 Å². The fourth-order valence-corrected chi connectivity index (χ4v) is 7.35. The van der Waals surface area contributed by atoms with E-state index in [-0.39, 0.29) is 17.7 Å². The van der Waals surface area contributed by atoms with Crippen LogP contribution in [-0.4, -0.2) is 12.5 Å². The smallest absolute Gasteiger partial charge is 0.231 e. The lowest BCUT2D eigenvalue weighted by Crippen LogP contribution is -2.53. The first-order chi connectivity index (χ1) is 24.1. The van der Waals surface area contributed by atoms with Gasteiger partial charge in [0.05, 0.1) is 5.69 Å². The molecule has 5 aromatic rings. The fourth-order valence-electron chi connectivity index (χ4n) is 7.35. The highest BCUT2D eigenvalue weighted by molar-refractivity contribution is 6.01. The second-order valence-electron chi connectivity index (χ2n) is 14.7. The molecule has 1 heterocycles. The molecule has 0 atom stereocenters. The van der Waals surface area contributed by atoms with Crippen LogP contribution >= 0.6 is 0 Å². The van der Waals surface area contributed by atoms with Gasteiger partial charge in [0.25, 0.3) is 0 Å². The number of carbonyl (C=O) groups excluding carboxylic acids is 1. The van der Waals surface area contributed by atoms with Crippen molar-refractivity contribution in [3.05, 3.63) is 155 Å². The van der Waals surface area contributed by atoms with Crippen LogP contribution in [0.25, 0.3) is 0 Å². The molecule has 257 valence electrons. The van der Waals surface area contributed by atoms with E-state index in [4.69, 9.17) is 0 Å². The Morgan fingerprint density at radius 1 is 0.480 bits per heavy atom. The van der Waals surface area contributed by atoms with Crippen LogP contribution in [0.4, 0.5) is 28.4 Å². The fraction of sp³-hybridized carbons (Fsp3) is 0.304. The molecule has 1 fully saturated rings. The standard InChI is InChI=1S/C46H52N3O/c1-31(2)39-21-15-22-40(32(3)4)44(39)47-30-29-43(50)49(45-41(33(5)6)23-16-24-42(45)34(7)8)46(47)35-25-27-38(28-26-35)48(36-17-11-9-12-18-36)37-19-13-10-14-20-37/h9-28,31-34H,29-30H2,1-8H3. The topological polar surface area (TPSA) is 26.8 Å². The average molecular weight is 663 g/mol. The van der Waals surface area contributed by atoms with Crippen molar-refractivity contribution in [2.24, 2.45) is 0 Å². The zero-order valence-electron chi connectivity index (χ0n) is 31.0. The van der Waals surface area contributed by atoms with E-state index < -0.39 is 0 Å². The van der Waals surface area contributed by atoms with Crippen LogP contribution in [0.2, 0.25) is 0 Å². The third kappa shape index (κ3) is 6.81. The van der Waals surface area contributed by atoms with Crippen molar-refractivity contribution in [3.63, 3.8) is 0 Å². The largest absolute Gasteiger partial charge is 0.340 e. The summed E-state index contributed by atoms with van der Waals surface area (Å²) in [5, 5.41) is 0. The summed E-state index contributed by atoms with van der Waals surface area (Å²) in [6, 6.07) is 43.1. The van der Waals surface area contributed by atoms with E-state index in [0.29, 0.717) is 24.8 Å². The summed E-state index contributed by atoms with van der Waals surface area (Å²) in [6.45, 7) is 18.7. The van der Waals surface area contributed by atoms with E-state index in [1.54, 1.807) is 0 Å². The summed E-state index contributed by atoms with van der Waals surface area (Å²) in [5.74, 6) is 1.26. The normalized spacial score (nSPS) is 14.0. The number of amides is 1. The average Bonchev–Trinajstić information content (AvgIpc) is 3.12. The molecule has 0 N–H and O–H groups in total. The van der Waals surface area contributed by atoms with E-state index in [1.165, 1.54) is 27.9 Å². The van der Waals surface area contributed by atoms with Crippen LogP contribution in [-0.2, 0) is 4.79 Å². The maximum Gasteiger partial charge on any atom is 0.231 e. The molecule has 0 aromatic heterocycles. The molecule has 5 aromatic carbocycles. The number of para-hydroxylation sites is 4. The molecule has 6 rings (SSSR count). The summed E-state index contributed by atoms with van der Waals surface area (Å²) < 4.78 is 0. The SMILES string of the molecule is CC(C)c1cccc(C(C)C)c1N1CCC(=O)N(c2c(C(C)C)cccc2C(C)C)[C]1c1ccc(N(c2ccccc2)c2ccccc2)cc1. The molecule has 0 unspecified atom stereocenters. The number of nitrogens with zero attached hydrogens (tertiary/aromatic N) is 3. The third-order valence-corrected chi connectivity index (χ3v) is 9.86. The molecular weight excluding hydrogens is 611 g/mol. The van der Waals surface area contributed by atoms with Gasteiger partial charge in [-0.05, 0) is 82.3 Å². The van der Waals surface area contributed by atoms with E-state index in [9.17, 15) is 4.79 Å². The molecule has 0 aliphatic carbocycles. The highest BCUT2D eigenvalue weighted by Gasteiger charge is 2.42. The highest BCUT2D eigenvalue weighted by Crippen LogP contribution is 2.47. The van der Waals surface area contributed by atoms with Gasteiger partial charge in [-0.15, -0.1) is 0 Å². The first-order valence-corrected chi connectivity index (χ1v) is 18.3. The number of anilines is 5. The Bertz CT molecular complexity index is 1800. The summed E-state index contributed by atoms with van der Waals surface area (Å²) in [6.07, 6.45) is 1.37. The lowest BCUT2D eigenvalue weighted by atomic mass is 9.88. The predicted octanol–water partition coefficient (Wildman–Crippen LogP) is 12.4. The number of rotatable bonds is 10. The Morgan fingerprint density at radius 2 is 0.880 bits per heavy atom. The number of hydrogen-bond donors (Lipinski definition) is 0. The van der Waals surface area contributed by atoms with Gasteiger partial charge in [-0.25, -0.2) is 0 Å². The first-order valence-electron chi connectivity index (χ1n) is 18.3. The lowest BCUT2D eigenvalue weighted by Gasteiger charge is -2.47. The summed E-state index contributed by atoms with van der Waals surface area (Å²) in [4.78, 5) is 21.4. The van der Waals surface area contributed by atoms with Crippen molar-refractivity contribution < 1.29 is 4.79 Å². The summed E-state index contributed by atoms with van der Waals surface area (Å²) in [5.41, 5.74) is 11.5. The number of hydrogen-bond acceptors (Lipinski definition) is 3. The molecule has 0 bridgehead atoms. The molecule has 50 heavy (non-hydrogen) atoms. The Kier molecular flexibility index (Phi) is 10.5. The van der Waals surface area contributed by atoms with Crippen LogP contribution in [0.15, 0.2) is 121 Å². The molecule has 0 saturated carbocycles. The molecule has 0 spiro atoms. The van der Waals surface area contributed by atoms with Crippen LogP contribution in [0, 0.1) is 6.17 Å². The molecule has 1 radical (unpaired) electrons. The van der Waals surface area contributed by atoms with Crippen molar-refractivity contribution in [1.82, 2.24) is 0 Å². The van der Waals surface area contributed by atoms with Gasteiger partial charge in [0.2, 0.25) is 5.91 Å². The van der Waals surface area contributed by atoms with Gasteiger partial charge >= 0.3 is 0 Å². The van der Waals surface area contributed by atoms with Gasteiger partial charge in [-0.2, -0.15) is 0 Å². The Morgan fingerprint density at radius 3 is 1.30 bits per heavy atom. The van der Waals surface area contributed by atoms with Gasteiger partial charge in [0.1, 0.15) is 0 Å². The van der Waals surface area contributed by atoms with Gasteiger partial charge in [0, 0.05) is 41.3 Å². The Balaban J connectivity index is 1.59. The first kappa shape index (κ1) is 35.0. The van der Waals surface area contributed by atoms with Crippen molar-refractivity contribution >= 4 is 34.3 Å². The van der Waals surface area contributed by atoms with Crippen LogP contribution in [0.1, 0.15) is 113 Å². The zero-order valence-corrected chi connectivity index (χ0v) is 31.0. The van der Waals surface area contributed by atoms with Crippen LogP contribution in [0.3, 0.4) is 0 Å². The molecule has 4 nitrogen and oxygen atoms in total. The molecule has 1 saturated heterocycles. The molecule has 1 aliphatic heterocycles. The molecule has 4 heteroatoms. The second kappa shape index (κ2) is 15.0. The van der Waals surface area contributed by atoms with Crippen molar-refractivity contribution in [2.45, 2.75) is 85.5 Å². The maximum absolute atomic E-state index is 14.6.